The van der Waals surface area contributed by atoms with Crippen molar-refractivity contribution in [3.63, 3.8) is 0 Å². The van der Waals surface area contributed by atoms with Gasteiger partial charge in [-0.3, -0.25) is 9.88 Å². The number of hydrogen-bond acceptors (Lipinski definition) is 4. The Bertz CT molecular complexity index is 525. The average Bonchev–Trinajstić information content (AvgIpc) is 2.90. The van der Waals surface area contributed by atoms with Crippen LogP contribution in [0.1, 0.15) is 29.5 Å². The summed E-state index contributed by atoms with van der Waals surface area (Å²) in [6, 6.07) is 8.38. The van der Waals surface area contributed by atoms with Crippen LogP contribution in [0.15, 0.2) is 35.8 Å². The highest BCUT2D eigenvalue weighted by Gasteiger charge is 2.12. The normalized spacial score (nSPS) is 12.8. The molecule has 0 N–H and O–H groups in total. The molecule has 2 aromatic heterocycles. The van der Waals surface area contributed by atoms with Gasteiger partial charge in [0.25, 0.3) is 0 Å². The third-order valence-electron chi connectivity index (χ3n) is 3.70. The molecule has 0 spiro atoms. The number of nitrogens with zero attached hydrogens (tertiary/aromatic N) is 2. The van der Waals surface area contributed by atoms with Gasteiger partial charge in [-0.25, -0.2) is 0 Å². The molecule has 0 fully saturated rings. The second-order valence-electron chi connectivity index (χ2n) is 5.39. The molecule has 2 nitrogen and oxygen atoms in total. The van der Waals surface area contributed by atoms with E-state index in [-0.39, 0.29) is 0 Å². The van der Waals surface area contributed by atoms with Crippen molar-refractivity contribution >= 4 is 23.1 Å². The third kappa shape index (κ3) is 5.46. The summed E-state index contributed by atoms with van der Waals surface area (Å²) < 4.78 is 0. The lowest BCUT2D eigenvalue weighted by molar-refractivity contribution is 0.252. The van der Waals surface area contributed by atoms with E-state index in [0.717, 1.165) is 25.3 Å². The van der Waals surface area contributed by atoms with Gasteiger partial charge in [-0.2, -0.15) is 11.8 Å². The van der Waals surface area contributed by atoms with Crippen molar-refractivity contribution in [2.45, 2.75) is 38.6 Å². The first-order chi connectivity index (χ1) is 10.2. The Balaban J connectivity index is 2.01. The molecule has 0 bridgehead atoms. The van der Waals surface area contributed by atoms with E-state index < -0.39 is 0 Å². The van der Waals surface area contributed by atoms with Crippen molar-refractivity contribution in [3.8, 4) is 0 Å². The van der Waals surface area contributed by atoms with Gasteiger partial charge >= 0.3 is 0 Å². The van der Waals surface area contributed by atoms with E-state index in [4.69, 9.17) is 0 Å². The van der Waals surface area contributed by atoms with Crippen molar-refractivity contribution in [2.24, 2.45) is 0 Å². The van der Waals surface area contributed by atoms with Gasteiger partial charge in [0, 0.05) is 29.4 Å². The first kappa shape index (κ1) is 16.5. The molecule has 114 valence electrons. The molecule has 2 aromatic rings. The fourth-order valence-corrected chi connectivity index (χ4v) is 3.47. The minimum atomic E-state index is 0.709. The number of hydrogen-bond donors (Lipinski definition) is 0. The Morgan fingerprint density at radius 3 is 2.76 bits per heavy atom. The van der Waals surface area contributed by atoms with Crippen LogP contribution in [0, 0.1) is 6.92 Å². The lowest BCUT2D eigenvalue weighted by Gasteiger charge is -2.23. The van der Waals surface area contributed by atoms with Gasteiger partial charge in [0.2, 0.25) is 0 Å². The molecule has 0 aliphatic carbocycles. The van der Waals surface area contributed by atoms with Crippen LogP contribution in [0.3, 0.4) is 0 Å². The Hall–Kier alpha value is -0.840. The van der Waals surface area contributed by atoms with Crippen LogP contribution in [-0.4, -0.2) is 27.9 Å². The van der Waals surface area contributed by atoms with Crippen LogP contribution in [0.2, 0.25) is 0 Å². The van der Waals surface area contributed by atoms with E-state index >= 15 is 0 Å². The van der Waals surface area contributed by atoms with E-state index in [9.17, 15) is 0 Å². The highest BCUT2D eigenvalue weighted by atomic mass is 32.2. The average molecular weight is 321 g/mol. The van der Waals surface area contributed by atoms with E-state index in [0.29, 0.717) is 5.25 Å². The lowest BCUT2D eigenvalue weighted by Crippen LogP contribution is -2.26. The molecule has 0 amide bonds. The van der Waals surface area contributed by atoms with Crippen LogP contribution in [-0.2, 0) is 13.1 Å². The molecule has 21 heavy (non-hydrogen) atoms. The van der Waals surface area contributed by atoms with Gasteiger partial charge in [-0.15, -0.1) is 11.3 Å². The maximum atomic E-state index is 4.47. The molecule has 2 heterocycles. The van der Waals surface area contributed by atoms with Crippen molar-refractivity contribution < 1.29 is 0 Å². The molecule has 0 saturated heterocycles. The zero-order valence-corrected chi connectivity index (χ0v) is 14.7. The molecule has 1 unspecified atom stereocenters. The van der Waals surface area contributed by atoms with Crippen molar-refractivity contribution in [3.05, 3.63) is 52.0 Å². The molecule has 4 heteroatoms. The number of aryl methyl sites for hydroxylation is 1. The highest BCUT2D eigenvalue weighted by molar-refractivity contribution is 7.99. The second kappa shape index (κ2) is 8.57. The maximum Gasteiger partial charge on any atom is 0.0544 e. The summed E-state index contributed by atoms with van der Waals surface area (Å²) in [7, 11) is 0. The smallest absolute Gasteiger partial charge is 0.0544 e. The largest absolute Gasteiger partial charge is 0.292 e. The second-order valence-corrected chi connectivity index (χ2v) is 7.67. The Kier molecular flexibility index (Phi) is 6.74. The Morgan fingerprint density at radius 1 is 1.29 bits per heavy atom. The van der Waals surface area contributed by atoms with Gasteiger partial charge in [0.05, 0.1) is 5.69 Å². The van der Waals surface area contributed by atoms with Crippen molar-refractivity contribution in [2.75, 3.05) is 12.8 Å². The van der Waals surface area contributed by atoms with Crippen molar-refractivity contribution in [1.82, 2.24) is 9.88 Å². The van der Waals surface area contributed by atoms with Gasteiger partial charge in [0.15, 0.2) is 0 Å². The predicted molar refractivity (Wildman–Crippen MR) is 95.0 cm³/mol. The third-order valence-corrected chi connectivity index (χ3v) is 5.75. The first-order valence-electron chi connectivity index (χ1n) is 7.37. The number of thiophene rings is 1. The summed E-state index contributed by atoms with van der Waals surface area (Å²) in [5.74, 6) is 0. The quantitative estimate of drug-likeness (QED) is 0.707. The number of rotatable bonds is 8. The monoisotopic (exact) mass is 320 g/mol. The van der Waals surface area contributed by atoms with Crippen LogP contribution < -0.4 is 0 Å². The molecule has 0 aliphatic rings. The van der Waals surface area contributed by atoms with Crippen LogP contribution in [0.25, 0.3) is 0 Å². The van der Waals surface area contributed by atoms with Gasteiger partial charge in [-0.1, -0.05) is 13.0 Å². The molecule has 0 radical (unpaired) electrons. The van der Waals surface area contributed by atoms with Crippen LogP contribution >= 0.6 is 23.1 Å². The highest BCUT2D eigenvalue weighted by Crippen LogP contribution is 2.20. The molecular formula is C17H24N2S2. The Morgan fingerprint density at radius 2 is 2.14 bits per heavy atom. The van der Waals surface area contributed by atoms with Gasteiger partial charge < -0.3 is 0 Å². The molecule has 1 atom stereocenters. The van der Waals surface area contributed by atoms with Crippen LogP contribution in [0.5, 0.6) is 0 Å². The Labute approximate surface area is 136 Å². The summed E-state index contributed by atoms with van der Waals surface area (Å²) >= 11 is 3.81. The number of thioether (sulfide) groups is 1. The maximum absolute atomic E-state index is 4.47. The molecule has 2 rings (SSSR count). The fraction of sp³-hybridized carbons (Fsp3) is 0.471. The molecule has 0 aliphatic heterocycles. The predicted octanol–water partition coefficient (Wildman–Crippen LogP) is 4.60. The first-order valence-corrected chi connectivity index (χ1v) is 9.54. The molecule has 0 saturated carbocycles. The number of pyridine rings is 1. The van der Waals surface area contributed by atoms with E-state index in [1.807, 2.05) is 35.4 Å². The van der Waals surface area contributed by atoms with Gasteiger partial charge in [-0.05, 0) is 55.3 Å². The summed E-state index contributed by atoms with van der Waals surface area (Å²) in [4.78, 5) is 8.47. The minimum Gasteiger partial charge on any atom is -0.292 e. The van der Waals surface area contributed by atoms with Crippen LogP contribution in [0.4, 0.5) is 0 Å². The summed E-state index contributed by atoms with van der Waals surface area (Å²) in [6.45, 7) is 7.59. The molecule has 0 aromatic carbocycles. The minimum absolute atomic E-state index is 0.709. The van der Waals surface area contributed by atoms with E-state index in [1.54, 1.807) is 0 Å². The van der Waals surface area contributed by atoms with E-state index in [1.165, 1.54) is 16.9 Å². The zero-order chi connectivity index (χ0) is 15.1. The van der Waals surface area contributed by atoms with Gasteiger partial charge in [0.1, 0.15) is 0 Å². The zero-order valence-electron chi connectivity index (χ0n) is 13.1. The SMILES string of the molecule is CSC(C)CCN(Cc1ccccn1)Cc1sccc1C. The lowest BCUT2D eigenvalue weighted by atomic mass is 10.2. The van der Waals surface area contributed by atoms with E-state index in [2.05, 4.69) is 53.6 Å². The topological polar surface area (TPSA) is 16.1 Å². The fourth-order valence-electron chi connectivity index (χ4n) is 2.19. The standard InChI is InChI=1S/C17H24N2S2/c1-14-8-11-21-17(14)13-19(10-7-15(2)20-3)12-16-6-4-5-9-18-16/h4-6,8-9,11,15H,7,10,12-13H2,1-3H3. The summed E-state index contributed by atoms with van der Waals surface area (Å²) in [5.41, 5.74) is 2.56. The summed E-state index contributed by atoms with van der Waals surface area (Å²) in [6.07, 6.45) is 5.30. The number of aromatic nitrogens is 1. The molecular weight excluding hydrogens is 296 g/mol. The van der Waals surface area contributed by atoms with Crippen molar-refractivity contribution in [1.29, 1.82) is 0 Å². The summed E-state index contributed by atoms with van der Waals surface area (Å²) in [5, 5.41) is 2.90.